The maximum absolute atomic E-state index is 13.1. The second-order valence-corrected chi connectivity index (χ2v) is 10.2. The summed E-state index contributed by atoms with van der Waals surface area (Å²) >= 11 is 0. The Morgan fingerprint density at radius 2 is 1.47 bits per heavy atom. The Kier molecular flexibility index (Phi) is 8.27. The van der Waals surface area contributed by atoms with Crippen LogP contribution in [0.1, 0.15) is 61.1 Å². The fourth-order valence-electron chi connectivity index (χ4n) is 5.73. The second kappa shape index (κ2) is 12.2. The average molecular weight is 514 g/mol. The summed E-state index contributed by atoms with van der Waals surface area (Å²) in [5.41, 5.74) is 5.51. The lowest BCUT2D eigenvalue weighted by molar-refractivity contribution is -0.148. The molecule has 0 bridgehead atoms. The third kappa shape index (κ3) is 6.01. The van der Waals surface area contributed by atoms with Crippen molar-refractivity contribution in [1.82, 2.24) is 5.32 Å². The van der Waals surface area contributed by atoms with Crippen LogP contribution in [0.15, 0.2) is 72.8 Å². The molecule has 3 aromatic rings. The lowest BCUT2D eigenvalue weighted by Gasteiger charge is -2.26. The van der Waals surface area contributed by atoms with Crippen LogP contribution in [0.5, 0.6) is 5.75 Å². The van der Waals surface area contributed by atoms with Crippen LogP contribution in [0.2, 0.25) is 0 Å². The van der Waals surface area contributed by atoms with Crippen LogP contribution in [0.3, 0.4) is 0 Å². The molecular formula is C32H35NO5. The predicted octanol–water partition coefficient (Wildman–Crippen LogP) is 6.62. The van der Waals surface area contributed by atoms with Crippen LogP contribution in [0.4, 0.5) is 4.79 Å². The summed E-state index contributed by atoms with van der Waals surface area (Å²) in [6, 6.07) is 23.1. The van der Waals surface area contributed by atoms with Crippen molar-refractivity contribution in [2.75, 3.05) is 13.7 Å². The Bertz CT molecular complexity index is 1200. The third-order valence-corrected chi connectivity index (χ3v) is 7.75. The minimum atomic E-state index is -0.744. The zero-order valence-corrected chi connectivity index (χ0v) is 21.9. The molecule has 1 fully saturated rings. The highest BCUT2D eigenvalue weighted by molar-refractivity contribution is 5.82. The van der Waals surface area contributed by atoms with Crippen molar-refractivity contribution in [2.24, 2.45) is 5.92 Å². The highest BCUT2D eigenvalue weighted by atomic mass is 16.6. The van der Waals surface area contributed by atoms with E-state index in [9.17, 15) is 9.59 Å². The summed E-state index contributed by atoms with van der Waals surface area (Å²) in [7, 11) is 1.61. The van der Waals surface area contributed by atoms with Gasteiger partial charge in [-0.25, -0.2) is 9.59 Å². The maximum Gasteiger partial charge on any atom is 0.407 e. The average Bonchev–Trinajstić information content (AvgIpc) is 3.29. The van der Waals surface area contributed by atoms with E-state index in [1.807, 2.05) is 48.5 Å². The first-order chi connectivity index (χ1) is 18.6. The molecule has 1 saturated carbocycles. The van der Waals surface area contributed by atoms with Gasteiger partial charge in [0.15, 0.2) is 0 Å². The summed E-state index contributed by atoms with van der Waals surface area (Å²) in [6.07, 6.45) is 5.64. The summed E-state index contributed by atoms with van der Waals surface area (Å²) in [5.74, 6) is 0.662. The number of nitrogens with one attached hydrogen (secondary N) is 1. The molecule has 0 unspecified atom stereocenters. The first-order valence-electron chi connectivity index (χ1n) is 13.5. The molecule has 0 saturated heterocycles. The molecule has 2 aliphatic rings. The number of carbonyl (C=O) groups is 2. The van der Waals surface area contributed by atoms with Gasteiger partial charge in [0.2, 0.25) is 0 Å². The number of esters is 1. The van der Waals surface area contributed by atoms with E-state index in [0.29, 0.717) is 12.3 Å². The minimum absolute atomic E-state index is 0.0352. The van der Waals surface area contributed by atoms with Crippen LogP contribution in [0.25, 0.3) is 11.1 Å². The number of alkyl carbamates (subject to hydrolysis) is 1. The Balaban J connectivity index is 1.22. The van der Waals surface area contributed by atoms with Crippen LogP contribution >= 0.6 is 0 Å². The van der Waals surface area contributed by atoms with E-state index in [2.05, 4.69) is 29.6 Å². The van der Waals surface area contributed by atoms with E-state index in [1.54, 1.807) is 7.11 Å². The van der Waals surface area contributed by atoms with Crippen LogP contribution in [-0.4, -0.2) is 31.8 Å². The number of hydrogen-bond donors (Lipinski definition) is 1. The van der Waals surface area contributed by atoms with Gasteiger partial charge in [0.1, 0.15) is 25.0 Å². The van der Waals surface area contributed by atoms with Crippen LogP contribution < -0.4 is 10.1 Å². The zero-order valence-electron chi connectivity index (χ0n) is 21.9. The molecule has 1 amide bonds. The van der Waals surface area contributed by atoms with Crippen molar-refractivity contribution < 1.29 is 23.8 Å². The molecule has 1 atom stereocenters. The van der Waals surface area contributed by atoms with E-state index in [0.717, 1.165) is 48.1 Å². The first kappa shape index (κ1) is 25.8. The highest BCUT2D eigenvalue weighted by Gasteiger charge is 2.31. The SMILES string of the molecule is COc1ccc(COC(=O)[C@H](CC2CCCCC2)NC(=O)OCC2c3ccccc3-c3ccccc32)cc1. The smallest absolute Gasteiger partial charge is 0.407 e. The van der Waals surface area contributed by atoms with E-state index in [1.165, 1.54) is 17.5 Å². The molecule has 198 valence electrons. The molecule has 0 radical (unpaired) electrons. The quantitative estimate of drug-likeness (QED) is 0.326. The molecule has 1 N–H and O–H groups in total. The van der Waals surface area contributed by atoms with Gasteiger partial charge in [-0.2, -0.15) is 0 Å². The molecule has 0 heterocycles. The number of fused-ring (bicyclic) bond motifs is 3. The molecule has 0 aliphatic heterocycles. The number of rotatable bonds is 9. The van der Waals surface area contributed by atoms with Gasteiger partial charge in [-0.05, 0) is 52.3 Å². The van der Waals surface area contributed by atoms with Gasteiger partial charge in [0.05, 0.1) is 7.11 Å². The zero-order chi connectivity index (χ0) is 26.3. The Labute approximate surface area is 224 Å². The largest absolute Gasteiger partial charge is 0.497 e. The summed E-state index contributed by atoms with van der Waals surface area (Å²) in [6.45, 7) is 0.341. The molecule has 0 aromatic heterocycles. The van der Waals surface area contributed by atoms with Crippen molar-refractivity contribution >= 4 is 12.1 Å². The van der Waals surface area contributed by atoms with Gasteiger partial charge >= 0.3 is 12.1 Å². The van der Waals surface area contributed by atoms with Gasteiger partial charge in [0, 0.05) is 5.92 Å². The van der Waals surface area contributed by atoms with E-state index >= 15 is 0 Å². The second-order valence-electron chi connectivity index (χ2n) is 10.2. The first-order valence-corrected chi connectivity index (χ1v) is 13.5. The third-order valence-electron chi connectivity index (χ3n) is 7.75. The Morgan fingerprint density at radius 1 is 0.842 bits per heavy atom. The van der Waals surface area contributed by atoms with Crippen molar-refractivity contribution in [3.8, 4) is 16.9 Å². The molecule has 38 heavy (non-hydrogen) atoms. The van der Waals surface area contributed by atoms with Crippen LogP contribution in [-0.2, 0) is 20.9 Å². The topological polar surface area (TPSA) is 73.9 Å². The van der Waals surface area contributed by atoms with E-state index in [4.69, 9.17) is 14.2 Å². The molecule has 3 aromatic carbocycles. The monoisotopic (exact) mass is 513 g/mol. The Hall–Kier alpha value is -3.80. The number of amides is 1. The maximum atomic E-state index is 13.1. The summed E-state index contributed by atoms with van der Waals surface area (Å²) < 4.78 is 16.5. The van der Waals surface area contributed by atoms with Crippen molar-refractivity contribution in [3.05, 3.63) is 89.5 Å². The van der Waals surface area contributed by atoms with Gasteiger partial charge in [-0.1, -0.05) is 92.8 Å². The Morgan fingerprint density at radius 3 is 2.11 bits per heavy atom. The number of ether oxygens (including phenoxy) is 3. The lowest BCUT2D eigenvalue weighted by atomic mass is 9.85. The highest BCUT2D eigenvalue weighted by Crippen LogP contribution is 2.44. The molecular weight excluding hydrogens is 478 g/mol. The summed E-state index contributed by atoms with van der Waals surface area (Å²) in [5, 5.41) is 2.83. The number of benzene rings is 3. The van der Waals surface area contributed by atoms with Crippen molar-refractivity contribution in [2.45, 2.75) is 57.1 Å². The number of carbonyl (C=O) groups excluding carboxylic acids is 2. The standard InChI is InChI=1S/C32H35NO5/c1-36-24-17-15-23(16-18-24)20-37-31(34)30(19-22-9-3-2-4-10-22)33-32(35)38-21-29-27-13-7-5-11-25(27)26-12-6-8-14-28(26)29/h5-8,11-18,22,29-30H,2-4,9-10,19-21H2,1H3,(H,33,35)/t30-/m0/s1. The fourth-order valence-corrected chi connectivity index (χ4v) is 5.73. The molecule has 6 nitrogen and oxygen atoms in total. The van der Waals surface area contributed by atoms with Crippen molar-refractivity contribution in [3.63, 3.8) is 0 Å². The lowest BCUT2D eigenvalue weighted by Crippen LogP contribution is -2.43. The predicted molar refractivity (Wildman–Crippen MR) is 146 cm³/mol. The summed E-state index contributed by atoms with van der Waals surface area (Å²) in [4.78, 5) is 26.1. The number of hydrogen-bond acceptors (Lipinski definition) is 5. The molecule has 2 aliphatic carbocycles. The van der Waals surface area contributed by atoms with Crippen molar-refractivity contribution in [1.29, 1.82) is 0 Å². The number of methoxy groups -OCH3 is 1. The van der Waals surface area contributed by atoms with Gasteiger partial charge in [-0.3, -0.25) is 0 Å². The molecule has 6 heteroatoms. The van der Waals surface area contributed by atoms with Crippen LogP contribution in [0, 0.1) is 5.92 Å². The van der Waals surface area contributed by atoms with Gasteiger partial charge < -0.3 is 19.5 Å². The normalized spacial score (nSPS) is 15.7. The fraction of sp³-hybridized carbons (Fsp3) is 0.375. The van der Waals surface area contributed by atoms with E-state index < -0.39 is 18.1 Å². The van der Waals surface area contributed by atoms with E-state index in [-0.39, 0.29) is 19.1 Å². The molecule has 0 spiro atoms. The van der Waals surface area contributed by atoms with Gasteiger partial charge in [0.25, 0.3) is 0 Å². The minimum Gasteiger partial charge on any atom is -0.497 e. The molecule has 5 rings (SSSR count). The van der Waals surface area contributed by atoms with Gasteiger partial charge in [-0.15, -0.1) is 0 Å².